The largest absolute Gasteiger partial charge is 0.379 e. The molecule has 0 aliphatic carbocycles. The fraction of sp³-hybridized carbons (Fsp3) is 0.526. The van der Waals surface area contributed by atoms with Gasteiger partial charge in [0.2, 0.25) is 0 Å². The van der Waals surface area contributed by atoms with E-state index in [1.807, 2.05) is 12.1 Å². The zero-order valence-electron chi connectivity index (χ0n) is 16.3. The van der Waals surface area contributed by atoms with Gasteiger partial charge in [-0.1, -0.05) is 18.2 Å². The third-order valence-corrected chi connectivity index (χ3v) is 4.85. The molecule has 8 nitrogen and oxygen atoms in total. The molecule has 0 saturated carbocycles. The summed E-state index contributed by atoms with van der Waals surface area (Å²) in [7, 11) is 1.79. The average molecular weight is 371 g/mol. The van der Waals surface area contributed by atoms with Gasteiger partial charge in [0.1, 0.15) is 6.33 Å². The number of H-pyrrole nitrogens is 1. The summed E-state index contributed by atoms with van der Waals surface area (Å²) in [6.07, 6.45) is 1.52. The molecule has 0 spiro atoms. The Kier molecular flexibility index (Phi) is 6.41. The van der Waals surface area contributed by atoms with Crippen molar-refractivity contribution in [2.75, 3.05) is 39.9 Å². The maximum Gasteiger partial charge on any atom is 0.191 e. The zero-order valence-corrected chi connectivity index (χ0v) is 16.3. The quantitative estimate of drug-likeness (QED) is 0.523. The second-order valence-corrected chi connectivity index (χ2v) is 7.23. The molecular formula is C19H29N7O. The molecule has 0 unspecified atom stereocenters. The lowest BCUT2D eigenvalue weighted by Crippen LogP contribution is -2.56. The molecule has 146 valence electrons. The number of aromatic amines is 1. The number of benzene rings is 1. The van der Waals surface area contributed by atoms with Crippen molar-refractivity contribution in [2.45, 2.75) is 25.9 Å². The highest BCUT2D eigenvalue weighted by atomic mass is 16.5. The molecule has 0 amide bonds. The van der Waals surface area contributed by atoms with E-state index in [4.69, 9.17) is 4.74 Å². The fourth-order valence-electron chi connectivity index (χ4n) is 3.16. The number of morpholine rings is 1. The van der Waals surface area contributed by atoms with Crippen LogP contribution in [0.5, 0.6) is 0 Å². The Morgan fingerprint density at radius 3 is 2.81 bits per heavy atom. The van der Waals surface area contributed by atoms with Gasteiger partial charge in [0.25, 0.3) is 0 Å². The van der Waals surface area contributed by atoms with E-state index < -0.39 is 0 Å². The molecule has 1 saturated heterocycles. The number of ether oxygens (including phenoxy) is 1. The maximum absolute atomic E-state index is 5.46. The van der Waals surface area contributed by atoms with Gasteiger partial charge in [-0.25, -0.2) is 4.98 Å². The molecule has 1 aromatic carbocycles. The normalized spacial score (nSPS) is 16.3. The second kappa shape index (κ2) is 8.96. The van der Waals surface area contributed by atoms with Crippen LogP contribution in [0.15, 0.2) is 35.6 Å². The van der Waals surface area contributed by atoms with Crippen molar-refractivity contribution in [1.82, 2.24) is 30.7 Å². The lowest BCUT2D eigenvalue weighted by atomic mass is 10.0. The molecule has 27 heavy (non-hydrogen) atoms. The van der Waals surface area contributed by atoms with Crippen LogP contribution in [0, 0.1) is 0 Å². The summed E-state index contributed by atoms with van der Waals surface area (Å²) >= 11 is 0. The van der Waals surface area contributed by atoms with E-state index in [9.17, 15) is 0 Å². The Morgan fingerprint density at radius 2 is 2.11 bits per heavy atom. The Hall–Kier alpha value is -2.45. The molecule has 1 aromatic heterocycles. The fourth-order valence-corrected chi connectivity index (χ4v) is 3.16. The molecule has 3 N–H and O–H groups in total. The molecule has 2 aromatic rings. The van der Waals surface area contributed by atoms with E-state index in [2.05, 4.69) is 61.7 Å². The number of nitrogens with zero attached hydrogens (tertiary/aromatic N) is 4. The van der Waals surface area contributed by atoms with Gasteiger partial charge in [0.15, 0.2) is 11.8 Å². The number of nitrogens with one attached hydrogen (secondary N) is 3. The first-order valence-corrected chi connectivity index (χ1v) is 9.30. The summed E-state index contributed by atoms with van der Waals surface area (Å²) in [5.41, 5.74) is 2.20. The summed E-state index contributed by atoms with van der Waals surface area (Å²) in [6, 6.07) is 8.21. The van der Waals surface area contributed by atoms with Crippen molar-refractivity contribution in [3.63, 3.8) is 0 Å². The van der Waals surface area contributed by atoms with Crippen molar-refractivity contribution < 1.29 is 4.74 Å². The third kappa shape index (κ3) is 5.27. The predicted molar refractivity (Wildman–Crippen MR) is 106 cm³/mol. The van der Waals surface area contributed by atoms with E-state index in [0.29, 0.717) is 6.54 Å². The number of rotatable bonds is 6. The molecule has 2 heterocycles. The minimum Gasteiger partial charge on any atom is -0.379 e. The Labute approximate surface area is 160 Å². The molecule has 8 heteroatoms. The van der Waals surface area contributed by atoms with Gasteiger partial charge in [-0.15, -0.1) is 0 Å². The predicted octanol–water partition coefficient (Wildman–Crippen LogP) is 1.25. The van der Waals surface area contributed by atoms with E-state index in [1.54, 1.807) is 7.05 Å². The highest BCUT2D eigenvalue weighted by Gasteiger charge is 2.28. The Morgan fingerprint density at radius 1 is 1.30 bits per heavy atom. The van der Waals surface area contributed by atoms with E-state index >= 15 is 0 Å². The van der Waals surface area contributed by atoms with Gasteiger partial charge in [-0.3, -0.25) is 15.0 Å². The van der Waals surface area contributed by atoms with Gasteiger partial charge in [-0.2, -0.15) is 5.10 Å². The monoisotopic (exact) mass is 371 g/mol. The van der Waals surface area contributed by atoms with Crippen LogP contribution >= 0.6 is 0 Å². The Balaban J connectivity index is 1.53. The van der Waals surface area contributed by atoms with Gasteiger partial charge >= 0.3 is 0 Å². The zero-order chi connectivity index (χ0) is 19.1. The number of aromatic nitrogens is 3. The SMILES string of the molecule is CN=C(NCc1cccc(-c2ncn[nH]2)c1)NCC(C)(C)N1CCOCC1. The molecule has 1 fully saturated rings. The van der Waals surface area contributed by atoms with E-state index in [1.165, 1.54) is 6.33 Å². The van der Waals surface area contributed by atoms with Crippen LogP contribution in [-0.2, 0) is 11.3 Å². The number of hydrogen-bond donors (Lipinski definition) is 3. The topological polar surface area (TPSA) is 90.5 Å². The Bertz CT molecular complexity index is 736. The van der Waals surface area contributed by atoms with E-state index in [0.717, 1.165) is 55.8 Å². The number of aliphatic imine (C=N–C) groups is 1. The number of hydrogen-bond acceptors (Lipinski definition) is 5. The van der Waals surface area contributed by atoms with Crippen LogP contribution < -0.4 is 10.6 Å². The van der Waals surface area contributed by atoms with Crippen molar-refractivity contribution in [2.24, 2.45) is 4.99 Å². The number of guanidine groups is 1. The van der Waals surface area contributed by atoms with Crippen LogP contribution in [0.3, 0.4) is 0 Å². The standard InChI is InChI=1S/C19H29N7O/c1-19(2,26-7-9-27-10-8-26)13-22-18(20-3)21-12-15-5-4-6-16(11-15)17-23-14-24-25-17/h4-6,11,14H,7-10,12-13H2,1-3H3,(H2,20,21,22)(H,23,24,25). The van der Waals surface area contributed by atoms with Crippen LogP contribution in [0.2, 0.25) is 0 Å². The molecular weight excluding hydrogens is 342 g/mol. The van der Waals surface area contributed by atoms with Crippen molar-refractivity contribution >= 4 is 5.96 Å². The third-order valence-electron chi connectivity index (χ3n) is 4.85. The summed E-state index contributed by atoms with van der Waals surface area (Å²) < 4.78 is 5.46. The lowest BCUT2D eigenvalue weighted by Gasteiger charge is -2.41. The van der Waals surface area contributed by atoms with Gasteiger partial charge in [0.05, 0.1) is 13.2 Å². The molecule has 1 aliphatic heterocycles. The van der Waals surface area contributed by atoms with Crippen molar-refractivity contribution in [3.05, 3.63) is 36.2 Å². The minimum absolute atomic E-state index is 0.0353. The van der Waals surface area contributed by atoms with Gasteiger partial charge in [-0.05, 0) is 25.5 Å². The van der Waals surface area contributed by atoms with Crippen LogP contribution in [0.1, 0.15) is 19.4 Å². The first kappa shape index (κ1) is 19.3. The smallest absolute Gasteiger partial charge is 0.191 e. The van der Waals surface area contributed by atoms with E-state index in [-0.39, 0.29) is 5.54 Å². The molecule has 3 rings (SSSR count). The first-order chi connectivity index (χ1) is 13.1. The first-order valence-electron chi connectivity index (χ1n) is 9.30. The van der Waals surface area contributed by atoms with Crippen LogP contribution in [0.4, 0.5) is 0 Å². The minimum atomic E-state index is 0.0353. The summed E-state index contributed by atoms with van der Waals surface area (Å²) in [4.78, 5) is 11.0. The molecule has 0 bridgehead atoms. The summed E-state index contributed by atoms with van der Waals surface area (Å²) in [6.45, 7) is 9.53. The second-order valence-electron chi connectivity index (χ2n) is 7.23. The van der Waals surface area contributed by atoms with Crippen molar-refractivity contribution in [1.29, 1.82) is 0 Å². The van der Waals surface area contributed by atoms with Gasteiger partial charge < -0.3 is 15.4 Å². The van der Waals surface area contributed by atoms with Crippen LogP contribution in [-0.4, -0.2) is 71.5 Å². The van der Waals surface area contributed by atoms with Crippen molar-refractivity contribution in [3.8, 4) is 11.4 Å². The summed E-state index contributed by atoms with van der Waals surface area (Å²) in [5.74, 6) is 1.56. The molecule has 0 atom stereocenters. The lowest BCUT2D eigenvalue weighted by molar-refractivity contribution is -0.00834. The summed E-state index contributed by atoms with van der Waals surface area (Å²) in [5, 5.41) is 13.6. The maximum atomic E-state index is 5.46. The van der Waals surface area contributed by atoms with Crippen LogP contribution in [0.25, 0.3) is 11.4 Å². The molecule has 1 aliphatic rings. The highest BCUT2D eigenvalue weighted by molar-refractivity contribution is 5.79. The van der Waals surface area contributed by atoms with Gasteiger partial charge in [0, 0.05) is 44.3 Å². The average Bonchev–Trinajstić information content (AvgIpc) is 3.24. The highest BCUT2D eigenvalue weighted by Crippen LogP contribution is 2.16. The molecule has 0 radical (unpaired) electrons.